The fraction of sp³-hybridized carbons (Fsp3) is 0. The molecule has 27 heavy (non-hydrogen) atoms. The van der Waals surface area contributed by atoms with Crippen LogP contribution in [0, 0.1) is 11.6 Å². The van der Waals surface area contributed by atoms with Gasteiger partial charge in [-0.1, -0.05) is 6.07 Å². The maximum absolute atomic E-state index is 13.7. The zero-order chi connectivity index (χ0) is 19.0. The molecule has 2 N–H and O–H groups in total. The first-order valence-electron chi connectivity index (χ1n) is 7.81. The topological polar surface area (TPSA) is 87.7 Å². The first-order valence-corrected chi connectivity index (χ1v) is 9.30. The van der Waals surface area contributed by atoms with E-state index in [9.17, 15) is 17.2 Å². The maximum Gasteiger partial charge on any atom is 0.262 e. The van der Waals surface area contributed by atoms with Gasteiger partial charge in [0.1, 0.15) is 17.3 Å². The van der Waals surface area contributed by atoms with Crippen molar-refractivity contribution >= 4 is 26.7 Å². The summed E-state index contributed by atoms with van der Waals surface area (Å²) in [7, 11) is -4.08. The Morgan fingerprint density at radius 2 is 1.85 bits per heavy atom. The van der Waals surface area contributed by atoms with E-state index in [4.69, 9.17) is 0 Å². The number of H-pyrrole nitrogens is 1. The molecule has 9 heteroatoms. The molecule has 2 aromatic heterocycles. The van der Waals surface area contributed by atoms with Crippen LogP contribution >= 0.6 is 0 Å². The van der Waals surface area contributed by atoms with Gasteiger partial charge in [-0.25, -0.2) is 22.2 Å². The van der Waals surface area contributed by atoms with Crippen molar-refractivity contribution in [3.05, 3.63) is 72.4 Å². The summed E-state index contributed by atoms with van der Waals surface area (Å²) in [6.45, 7) is 0. The monoisotopic (exact) mass is 386 g/mol. The summed E-state index contributed by atoms with van der Waals surface area (Å²) in [5.74, 6) is -1.30. The van der Waals surface area contributed by atoms with E-state index in [0.717, 1.165) is 12.1 Å². The molecule has 0 aliphatic heterocycles. The van der Waals surface area contributed by atoms with Crippen molar-refractivity contribution in [3.63, 3.8) is 0 Å². The zero-order valence-corrected chi connectivity index (χ0v) is 14.5. The number of aromatic amines is 1. The SMILES string of the molecule is O=S(=O)(Nc1ccc(F)cc1F)c1ccc2[nH]c(-c3ccccn3)nc2c1. The number of nitrogens with zero attached hydrogens (tertiary/aromatic N) is 2. The Labute approximate surface area is 153 Å². The molecule has 0 radical (unpaired) electrons. The number of pyridine rings is 1. The van der Waals surface area contributed by atoms with Crippen molar-refractivity contribution in [1.82, 2.24) is 15.0 Å². The van der Waals surface area contributed by atoms with Gasteiger partial charge in [-0.05, 0) is 42.5 Å². The Balaban J connectivity index is 1.70. The Hall–Kier alpha value is -3.33. The lowest BCUT2D eigenvalue weighted by molar-refractivity contribution is 0.583. The second kappa shape index (κ2) is 6.44. The molecule has 2 heterocycles. The third-order valence-corrected chi connectivity index (χ3v) is 5.21. The number of halogens is 2. The van der Waals surface area contributed by atoms with Crippen molar-refractivity contribution in [2.24, 2.45) is 0 Å². The largest absolute Gasteiger partial charge is 0.337 e. The van der Waals surface area contributed by atoms with Gasteiger partial charge in [0, 0.05) is 12.3 Å². The van der Waals surface area contributed by atoms with E-state index in [-0.39, 0.29) is 10.6 Å². The van der Waals surface area contributed by atoms with Gasteiger partial charge in [0.25, 0.3) is 10.0 Å². The summed E-state index contributed by atoms with van der Waals surface area (Å²) >= 11 is 0. The van der Waals surface area contributed by atoms with E-state index >= 15 is 0 Å². The Morgan fingerprint density at radius 3 is 2.59 bits per heavy atom. The van der Waals surface area contributed by atoms with Gasteiger partial charge in [-0.3, -0.25) is 9.71 Å². The molecule has 0 aliphatic carbocycles. The molecule has 0 bridgehead atoms. The average molecular weight is 386 g/mol. The molecule has 0 fully saturated rings. The number of rotatable bonds is 4. The van der Waals surface area contributed by atoms with Crippen LogP contribution in [0.2, 0.25) is 0 Å². The van der Waals surface area contributed by atoms with Crippen LogP contribution in [0.1, 0.15) is 0 Å². The van der Waals surface area contributed by atoms with E-state index in [1.54, 1.807) is 24.4 Å². The molecule has 0 atom stereocenters. The standard InChI is InChI=1S/C18H12F2N4O2S/c19-11-4-6-14(13(20)9-11)24-27(25,26)12-5-7-15-17(10-12)23-18(22-15)16-3-1-2-8-21-16/h1-10,24H,(H,22,23). The Morgan fingerprint density at radius 1 is 1.00 bits per heavy atom. The van der Waals surface area contributed by atoms with Gasteiger partial charge in [0.2, 0.25) is 0 Å². The third kappa shape index (κ3) is 3.36. The van der Waals surface area contributed by atoms with E-state index in [1.807, 2.05) is 6.07 Å². The molecular formula is C18H12F2N4O2S. The molecule has 0 saturated heterocycles. The van der Waals surface area contributed by atoms with Crippen molar-refractivity contribution in [2.75, 3.05) is 4.72 Å². The second-order valence-electron chi connectivity index (χ2n) is 5.71. The highest BCUT2D eigenvalue weighted by atomic mass is 32.2. The molecule has 0 aliphatic rings. The van der Waals surface area contributed by atoms with Crippen LogP contribution in [-0.2, 0) is 10.0 Å². The normalized spacial score (nSPS) is 11.6. The summed E-state index contributed by atoms with van der Waals surface area (Å²) in [5.41, 5.74) is 1.32. The minimum Gasteiger partial charge on any atom is -0.337 e. The van der Waals surface area contributed by atoms with Crippen LogP contribution in [0.15, 0.2) is 65.7 Å². The summed E-state index contributed by atoms with van der Waals surface area (Å²) < 4.78 is 53.9. The van der Waals surface area contributed by atoms with Gasteiger partial charge >= 0.3 is 0 Å². The molecule has 4 rings (SSSR count). The molecule has 0 spiro atoms. The van der Waals surface area contributed by atoms with E-state index < -0.39 is 21.7 Å². The average Bonchev–Trinajstić information content (AvgIpc) is 3.08. The van der Waals surface area contributed by atoms with Gasteiger partial charge in [0.05, 0.1) is 21.6 Å². The van der Waals surface area contributed by atoms with Crippen LogP contribution in [-0.4, -0.2) is 23.4 Å². The van der Waals surface area contributed by atoms with E-state index in [1.165, 1.54) is 12.1 Å². The third-order valence-electron chi connectivity index (χ3n) is 3.85. The van der Waals surface area contributed by atoms with E-state index in [0.29, 0.717) is 28.6 Å². The number of fused-ring (bicyclic) bond motifs is 1. The lowest BCUT2D eigenvalue weighted by atomic mass is 10.3. The minimum absolute atomic E-state index is 0.0993. The molecule has 0 saturated carbocycles. The van der Waals surface area contributed by atoms with Crippen molar-refractivity contribution < 1.29 is 17.2 Å². The number of hydrogen-bond acceptors (Lipinski definition) is 4. The van der Waals surface area contributed by atoms with Crippen LogP contribution in [0.3, 0.4) is 0 Å². The van der Waals surface area contributed by atoms with Gasteiger partial charge in [-0.2, -0.15) is 0 Å². The first-order chi connectivity index (χ1) is 12.9. The lowest BCUT2D eigenvalue weighted by Crippen LogP contribution is -2.14. The van der Waals surface area contributed by atoms with Gasteiger partial charge < -0.3 is 4.98 Å². The van der Waals surface area contributed by atoms with Crippen LogP contribution in [0.4, 0.5) is 14.5 Å². The number of sulfonamides is 1. The summed E-state index contributed by atoms with van der Waals surface area (Å²) in [4.78, 5) is 11.5. The predicted molar refractivity (Wildman–Crippen MR) is 96.5 cm³/mol. The second-order valence-corrected chi connectivity index (χ2v) is 7.39. The number of anilines is 1. The van der Waals surface area contributed by atoms with Crippen LogP contribution < -0.4 is 4.72 Å². The van der Waals surface area contributed by atoms with E-state index in [2.05, 4.69) is 19.7 Å². The zero-order valence-electron chi connectivity index (χ0n) is 13.6. The molecule has 2 aromatic carbocycles. The fourth-order valence-electron chi connectivity index (χ4n) is 2.55. The molecule has 0 unspecified atom stereocenters. The van der Waals surface area contributed by atoms with Crippen molar-refractivity contribution in [1.29, 1.82) is 0 Å². The van der Waals surface area contributed by atoms with Crippen molar-refractivity contribution in [2.45, 2.75) is 4.90 Å². The highest BCUT2D eigenvalue weighted by molar-refractivity contribution is 7.92. The van der Waals surface area contributed by atoms with Crippen molar-refractivity contribution in [3.8, 4) is 11.5 Å². The highest BCUT2D eigenvalue weighted by Crippen LogP contribution is 2.24. The predicted octanol–water partition coefficient (Wildman–Crippen LogP) is 3.70. The highest BCUT2D eigenvalue weighted by Gasteiger charge is 2.18. The smallest absolute Gasteiger partial charge is 0.262 e. The first kappa shape index (κ1) is 17.1. The molecule has 0 amide bonds. The van der Waals surface area contributed by atoms with Crippen LogP contribution in [0.25, 0.3) is 22.6 Å². The maximum atomic E-state index is 13.7. The Kier molecular flexibility index (Phi) is 4.08. The quantitative estimate of drug-likeness (QED) is 0.560. The summed E-state index contributed by atoms with van der Waals surface area (Å²) in [6, 6.07) is 12.2. The molecule has 136 valence electrons. The van der Waals surface area contributed by atoms with Crippen LogP contribution in [0.5, 0.6) is 0 Å². The number of nitrogens with one attached hydrogen (secondary N) is 2. The minimum atomic E-state index is -4.08. The molecule has 6 nitrogen and oxygen atoms in total. The number of imidazole rings is 1. The van der Waals surface area contributed by atoms with Gasteiger partial charge in [-0.15, -0.1) is 0 Å². The van der Waals surface area contributed by atoms with Gasteiger partial charge in [0.15, 0.2) is 5.82 Å². The number of hydrogen-bond donors (Lipinski definition) is 2. The summed E-state index contributed by atoms with van der Waals surface area (Å²) in [6.07, 6.45) is 1.62. The molecular weight excluding hydrogens is 374 g/mol. The molecule has 4 aromatic rings. The number of benzene rings is 2. The summed E-state index contributed by atoms with van der Waals surface area (Å²) in [5, 5.41) is 0. The lowest BCUT2D eigenvalue weighted by Gasteiger charge is -2.09. The Bertz CT molecular complexity index is 1240. The fourth-order valence-corrected chi connectivity index (χ4v) is 3.64. The number of aromatic nitrogens is 3.